The van der Waals surface area contributed by atoms with Crippen LogP contribution in [0, 0.1) is 0 Å². The molecule has 0 radical (unpaired) electrons. The molecule has 0 unspecified atom stereocenters. The molecule has 2 aliphatic heterocycles. The predicted molar refractivity (Wildman–Crippen MR) is 181 cm³/mol. The average Bonchev–Trinajstić information content (AvgIpc) is 3.72. The quantitative estimate of drug-likeness (QED) is 0.191. The lowest BCUT2D eigenvalue weighted by atomic mass is 9.97. The maximum absolute atomic E-state index is 12.7. The minimum atomic E-state index is -0.560. The molecule has 0 N–H and O–H groups in total. The first-order valence-electron chi connectivity index (χ1n) is 14.1. The van der Waals surface area contributed by atoms with Crippen molar-refractivity contribution >= 4 is 83.5 Å². The summed E-state index contributed by atoms with van der Waals surface area (Å²) >= 11 is 11.9. The number of aryl methyl sites for hydroxylation is 1. The highest BCUT2D eigenvalue weighted by Crippen LogP contribution is 2.38. The van der Waals surface area contributed by atoms with Gasteiger partial charge in [0.25, 0.3) is 11.1 Å². The topological polar surface area (TPSA) is 104 Å². The Morgan fingerprint density at radius 1 is 0.756 bits per heavy atom. The van der Waals surface area contributed by atoms with Gasteiger partial charge in [0.15, 0.2) is 11.5 Å². The van der Waals surface area contributed by atoms with E-state index < -0.39 is 5.24 Å². The molecule has 0 fully saturated rings. The number of anilines is 3. The molecule has 6 rings (SSSR count). The molecular weight excluding hydrogens is 730 g/mol. The number of rotatable bonds is 2. The van der Waals surface area contributed by atoms with Crippen LogP contribution in [0.5, 0.6) is 0 Å². The van der Waals surface area contributed by atoms with Gasteiger partial charge in [0, 0.05) is 41.1 Å². The van der Waals surface area contributed by atoms with Crippen molar-refractivity contribution in [1.29, 1.82) is 0 Å². The summed E-state index contributed by atoms with van der Waals surface area (Å²) in [5.74, 6) is 0.354. The summed E-state index contributed by atoms with van der Waals surface area (Å²) < 4.78 is 11.8. The molecule has 0 aliphatic carbocycles. The SMILES string of the molecule is CC(=O)N1c2ccc(Br)cc2CC[C@@H]1C.CC(=O)N1c2ccc(Br)cc2N(C(=O)c2ccco2)C[C@@H]1C.O=C(Cl)c1ccco1. The number of hydrogen-bond acceptors (Lipinski definition) is 6. The fourth-order valence-corrected chi connectivity index (χ4v) is 6.26. The van der Waals surface area contributed by atoms with Crippen LogP contribution in [0.25, 0.3) is 0 Å². The van der Waals surface area contributed by atoms with Crippen LogP contribution < -0.4 is 14.7 Å². The van der Waals surface area contributed by atoms with Crippen LogP contribution >= 0.6 is 43.5 Å². The molecular formula is C33H32Br2ClN3O6. The Morgan fingerprint density at radius 2 is 1.31 bits per heavy atom. The largest absolute Gasteiger partial charge is 0.460 e. The highest BCUT2D eigenvalue weighted by molar-refractivity contribution is 9.10. The zero-order valence-corrected chi connectivity index (χ0v) is 29.1. The predicted octanol–water partition coefficient (Wildman–Crippen LogP) is 8.24. The van der Waals surface area contributed by atoms with Gasteiger partial charge in [0.05, 0.1) is 29.9 Å². The maximum atomic E-state index is 12.7. The van der Waals surface area contributed by atoms with Crippen molar-refractivity contribution in [2.24, 2.45) is 0 Å². The molecule has 4 aromatic rings. The molecule has 3 amide bonds. The van der Waals surface area contributed by atoms with E-state index in [1.807, 2.05) is 42.2 Å². The van der Waals surface area contributed by atoms with E-state index in [9.17, 15) is 19.2 Å². The lowest BCUT2D eigenvalue weighted by molar-refractivity contribution is -0.117. The van der Waals surface area contributed by atoms with Crippen LogP contribution in [0.4, 0.5) is 17.1 Å². The second kappa shape index (κ2) is 15.1. The van der Waals surface area contributed by atoms with Gasteiger partial charge < -0.3 is 23.5 Å². The van der Waals surface area contributed by atoms with E-state index in [1.54, 1.807) is 34.9 Å². The number of fused-ring (bicyclic) bond motifs is 2. The Morgan fingerprint density at radius 3 is 1.84 bits per heavy atom. The Balaban J connectivity index is 0.000000172. The monoisotopic (exact) mass is 759 g/mol. The van der Waals surface area contributed by atoms with Gasteiger partial charge in [-0.15, -0.1) is 0 Å². The molecule has 0 saturated carbocycles. The first-order chi connectivity index (χ1) is 21.4. The van der Waals surface area contributed by atoms with Gasteiger partial charge >= 0.3 is 0 Å². The molecule has 45 heavy (non-hydrogen) atoms. The van der Waals surface area contributed by atoms with Crippen LogP contribution in [-0.2, 0) is 16.0 Å². The van der Waals surface area contributed by atoms with E-state index in [0.717, 1.165) is 33.2 Å². The maximum Gasteiger partial charge on any atom is 0.294 e. The van der Waals surface area contributed by atoms with Crippen LogP contribution in [0.1, 0.15) is 60.8 Å². The van der Waals surface area contributed by atoms with Gasteiger partial charge in [-0.3, -0.25) is 19.2 Å². The summed E-state index contributed by atoms with van der Waals surface area (Å²) in [6.45, 7) is 7.61. The Hall–Kier alpha value is -3.67. The van der Waals surface area contributed by atoms with Crippen molar-refractivity contribution in [3.05, 3.63) is 99.2 Å². The van der Waals surface area contributed by atoms with Crippen molar-refractivity contribution in [1.82, 2.24) is 0 Å². The van der Waals surface area contributed by atoms with E-state index in [4.69, 9.17) is 16.0 Å². The Bertz CT molecular complexity index is 1680. The molecule has 2 aromatic heterocycles. The van der Waals surface area contributed by atoms with Gasteiger partial charge in [-0.05, 0) is 105 Å². The number of carbonyl (C=O) groups is 4. The summed E-state index contributed by atoms with van der Waals surface area (Å²) in [6.07, 6.45) is 4.97. The highest BCUT2D eigenvalue weighted by atomic mass is 79.9. The molecule has 0 bridgehead atoms. The third-order valence-corrected chi connectivity index (χ3v) is 8.49. The lowest BCUT2D eigenvalue weighted by Gasteiger charge is -2.40. The van der Waals surface area contributed by atoms with Gasteiger partial charge in [0.1, 0.15) is 0 Å². The lowest BCUT2D eigenvalue weighted by Crippen LogP contribution is -2.51. The van der Waals surface area contributed by atoms with Crippen molar-refractivity contribution < 1.29 is 28.0 Å². The summed E-state index contributed by atoms with van der Waals surface area (Å²) in [6, 6.07) is 18.3. The van der Waals surface area contributed by atoms with Gasteiger partial charge in [-0.25, -0.2) is 0 Å². The molecule has 9 nitrogen and oxygen atoms in total. The zero-order chi connectivity index (χ0) is 32.8. The zero-order valence-electron chi connectivity index (χ0n) is 25.1. The second-order valence-electron chi connectivity index (χ2n) is 10.6. The van der Waals surface area contributed by atoms with E-state index >= 15 is 0 Å². The van der Waals surface area contributed by atoms with Crippen molar-refractivity contribution in [3.8, 4) is 0 Å². The van der Waals surface area contributed by atoms with Crippen molar-refractivity contribution in [2.45, 2.75) is 52.6 Å². The minimum Gasteiger partial charge on any atom is -0.460 e. The number of carbonyl (C=O) groups excluding carboxylic acids is 4. The molecule has 2 aromatic carbocycles. The molecule has 0 saturated heterocycles. The minimum absolute atomic E-state index is 0.0406. The Kier molecular flexibility index (Phi) is 11.5. The standard InChI is InChI=1S/C16H15BrN2O3.C12H14BrNO.C5H3ClO2/c1-10-9-18(16(21)15-4-3-7-22-15)14-8-12(17)5-6-13(14)19(10)11(2)20;1-8-3-4-10-7-11(13)5-6-12(10)14(8)9(2)15;6-5(7)4-2-1-3-8-4/h3-8,10H,9H2,1-2H3;5-8H,3-4H2,1-2H3;1-3H/t10-;8-;/m00./s1. The third kappa shape index (κ3) is 8.14. The van der Waals surface area contributed by atoms with Gasteiger partial charge in [-0.1, -0.05) is 31.9 Å². The highest BCUT2D eigenvalue weighted by Gasteiger charge is 2.34. The number of furan rings is 2. The summed E-state index contributed by atoms with van der Waals surface area (Å²) in [4.78, 5) is 51.6. The average molecular weight is 762 g/mol. The molecule has 4 heterocycles. The fourth-order valence-electron chi connectivity index (χ4n) is 5.39. The van der Waals surface area contributed by atoms with E-state index in [2.05, 4.69) is 49.3 Å². The first kappa shape index (κ1) is 34.2. The number of nitrogens with zero attached hydrogens (tertiary/aromatic N) is 3. The number of halogens is 3. The Labute approximate surface area is 283 Å². The van der Waals surface area contributed by atoms with Gasteiger partial charge in [0.2, 0.25) is 11.8 Å². The van der Waals surface area contributed by atoms with Crippen molar-refractivity contribution in [2.75, 3.05) is 21.2 Å². The van der Waals surface area contributed by atoms with Crippen LogP contribution in [0.3, 0.4) is 0 Å². The summed E-state index contributed by atoms with van der Waals surface area (Å²) in [5, 5.41) is -0.560. The van der Waals surface area contributed by atoms with Crippen LogP contribution in [0.2, 0.25) is 0 Å². The first-order valence-corrected chi connectivity index (χ1v) is 16.1. The number of amides is 3. The summed E-state index contributed by atoms with van der Waals surface area (Å²) in [5.41, 5.74) is 3.76. The second-order valence-corrected chi connectivity index (χ2v) is 12.7. The molecule has 236 valence electrons. The van der Waals surface area contributed by atoms with Crippen LogP contribution in [-0.4, -0.2) is 41.6 Å². The number of benzene rings is 2. The van der Waals surface area contributed by atoms with E-state index in [-0.39, 0.29) is 35.3 Å². The fraction of sp³-hybridized carbons (Fsp3) is 0.273. The smallest absolute Gasteiger partial charge is 0.294 e. The molecule has 12 heteroatoms. The van der Waals surface area contributed by atoms with Crippen LogP contribution in [0.15, 0.2) is 91.0 Å². The molecule has 2 atom stereocenters. The van der Waals surface area contributed by atoms with Crippen molar-refractivity contribution in [3.63, 3.8) is 0 Å². The van der Waals surface area contributed by atoms with E-state index in [0.29, 0.717) is 18.3 Å². The third-order valence-electron chi connectivity index (χ3n) is 7.32. The molecule has 2 aliphatic rings. The molecule has 0 spiro atoms. The van der Waals surface area contributed by atoms with E-state index in [1.165, 1.54) is 31.1 Å². The van der Waals surface area contributed by atoms with Gasteiger partial charge in [-0.2, -0.15) is 0 Å². The number of hydrogen-bond donors (Lipinski definition) is 0. The summed E-state index contributed by atoms with van der Waals surface area (Å²) in [7, 11) is 0. The normalized spacial score (nSPS) is 16.7.